The van der Waals surface area contributed by atoms with Crippen LogP contribution in [0.5, 0.6) is 0 Å². The largest absolute Gasteiger partial charge is 0.296 e. The quantitative estimate of drug-likeness (QED) is 0.783. The van der Waals surface area contributed by atoms with Crippen LogP contribution in [0.2, 0.25) is 0 Å². The van der Waals surface area contributed by atoms with E-state index in [2.05, 4.69) is 31.0 Å². The van der Waals surface area contributed by atoms with Crippen molar-refractivity contribution in [2.24, 2.45) is 5.92 Å². The normalized spacial score (nSPS) is 25.1. The van der Waals surface area contributed by atoms with E-state index in [0.29, 0.717) is 12.6 Å². The lowest BCUT2D eigenvalue weighted by Gasteiger charge is -2.33. The number of benzene rings is 1. The Bertz CT molecular complexity index is 514. The maximum Gasteiger partial charge on any atom is 0.176 e. The van der Waals surface area contributed by atoms with Crippen molar-refractivity contribution in [1.29, 1.82) is 0 Å². The second kappa shape index (κ2) is 6.31. The summed E-state index contributed by atoms with van der Waals surface area (Å²) in [6.07, 6.45) is 8.68. The second-order valence-corrected chi connectivity index (χ2v) is 7.09. The van der Waals surface area contributed by atoms with Crippen molar-refractivity contribution in [2.45, 2.75) is 57.9 Å². The molecular formula is C19H27NO. The van der Waals surface area contributed by atoms with E-state index >= 15 is 0 Å². The van der Waals surface area contributed by atoms with E-state index in [4.69, 9.17) is 0 Å². The summed E-state index contributed by atoms with van der Waals surface area (Å²) in [6, 6.07) is 6.93. The van der Waals surface area contributed by atoms with Gasteiger partial charge in [0.15, 0.2) is 5.78 Å². The number of fused-ring (bicyclic) bond motifs is 1. The third-order valence-corrected chi connectivity index (χ3v) is 5.42. The molecule has 21 heavy (non-hydrogen) atoms. The highest BCUT2D eigenvalue weighted by molar-refractivity contribution is 5.97. The Hall–Kier alpha value is -1.15. The highest BCUT2D eigenvalue weighted by Gasteiger charge is 2.23. The molecule has 0 aromatic heterocycles. The molecule has 0 heterocycles. The van der Waals surface area contributed by atoms with Gasteiger partial charge in [0.05, 0.1) is 6.54 Å². The molecule has 2 nitrogen and oxygen atoms in total. The molecule has 0 bridgehead atoms. The summed E-state index contributed by atoms with van der Waals surface area (Å²) in [5, 5.41) is 0. The lowest BCUT2D eigenvalue weighted by atomic mass is 9.86. The molecule has 0 radical (unpaired) electrons. The monoisotopic (exact) mass is 285 g/mol. The smallest absolute Gasteiger partial charge is 0.176 e. The molecule has 0 aliphatic heterocycles. The first-order valence-corrected chi connectivity index (χ1v) is 8.48. The number of hydrogen-bond donors (Lipinski definition) is 0. The molecule has 0 amide bonds. The van der Waals surface area contributed by atoms with E-state index in [1.807, 2.05) is 6.07 Å². The molecule has 0 N–H and O–H groups in total. The zero-order valence-electron chi connectivity index (χ0n) is 13.4. The minimum Gasteiger partial charge on any atom is -0.296 e. The summed E-state index contributed by atoms with van der Waals surface area (Å²) < 4.78 is 0. The third-order valence-electron chi connectivity index (χ3n) is 5.42. The SMILES string of the molecule is CC1CCC(N(C)CC(=O)c2ccc3c(c2)CCC3)CC1. The number of rotatable bonds is 4. The molecule has 1 aromatic rings. The highest BCUT2D eigenvalue weighted by atomic mass is 16.1. The lowest BCUT2D eigenvalue weighted by molar-refractivity contribution is 0.0888. The van der Waals surface area contributed by atoms with E-state index in [0.717, 1.165) is 17.9 Å². The number of hydrogen-bond acceptors (Lipinski definition) is 2. The van der Waals surface area contributed by atoms with Crippen LogP contribution in [0.15, 0.2) is 18.2 Å². The highest BCUT2D eigenvalue weighted by Crippen LogP contribution is 2.27. The van der Waals surface area contributed by atoms with Gasteiger partial charge in [0, 0.05) is 11.6 Å². The molecule has 0 saturated heterocycles. The molecule has 0 spiro atoms. The van der Waals surface area contributed by atoms with Crippen LogP contribution in [-0.2, 0) is 12.8 Å². The van der Waals surface area contributed by atoms with Gasteiger partial charge in [0.1, 0.15) is 0 Å². The summed E-state index contributed by atoms with van der Waals surface area (Å²) in [6.45, 7) is 2.91. The maximum absolute atomic E-state index is 12.5. The molecule has 0 unspecified atom stereocenters. The van der Waals surface area contributed by atoms with E-state index in [1.54, 1.807) is 0 Å². The molecule has 0 atom stereocenters. The van der Waals surface area contributed by atoms with Gasteiger partial charge < -0.3 is 0 Å². The van der Waals surface area contributed by atoms with E-state index in [-0.39, 0.29) is 5.78 Å². The Morgan fingerprint density at radius 3 is 2.62 bits per heavy atom. The van der Waals surface area contributed by atoms with Crippen molar-refractivity contribution in [3.05, 3.63) is 34.9 Å². The van der Waals surface area contributed by atoms with Gasteiger partial charge in [-0.05, 0) is 75.1 Å². The number of ketones is 1. The Morgan fingerprint density at radius 2 is 1.86 bits per heavy atom. The number of carbonyl (C=O) groups is 1. The van der Waals surface area contributed by atoms with E-state index < -0.39 is 0 Å². The molecule has 2 aliphatic rings. The first-order valence-electron chi connectivity index (χ1n) is 8.48. The zero-order chi connectivity index (χ0) is 14.8. The predicted molar refractivity (Wildman–Crippen MR) is 86.8 cm³/mol. The number of Topliss-reactive ketones (excluding diaryl/α,β-unsaturated/α-hetero) is 1. The minimum absolute atomic E-state index is 0.283. The van der Waals surface area contributed by atoms with Crippen LogP contribution in [0, 0.1) is 5.92 Å². The van der Waals surface area contributed by atoms with E-state index in [1.165, 1.54) is 49.7 Å². The van der Waals surface area contributed by atoms with Crippen molar-refractivity contribution < 1.29 is 4.79 Å². The van der Waals surface area contributed by atoms with Gasteiger partial charge in [-0.3, -0.25) is 9.69 Å². The molecule has 114 valence electrons. The van der Waals surface area contributed by atoms with Crippen LogP contribution in [0.1, 0.15) is 60.5 Å². The number of likely N-dealkylation sites (N-methyl/N-ethyl adjacent to an activating group) is 1. The molecule has 2 heteroatoms. The van der Waals surface area contributed by atoms with Gasteiger partial charge in [-0.15, -0.1) is 0 Å². The minimum atomic E-state index is 0.283. The first kappa shape index (κ1) is 14.8. The van der Waals surface area contributed by atoms with Crippen LogP contribution < -0.4 is 0 Å². The van der Waals surface area contributed by atoms with Crippen molar-refractivity contribution in [2.75, 3.05) is 13.6 Å². The number of carbonyl (C=O) groups excluding carboxylic acids is 1. The molecule has 2 aliphatic carbocycles. The second-order valence-electron chi connectivity index (χ2n) is 7.09. The van der Waals surface area contributed by atoms with Crippen molar-refractivity contribution in [3.8, 4) is 0 Å². The predicted octanol–water partition coefficient (Wildman–Crippen LogP) is 3.87. The average Bonchev–Trinajstić information content (AvgIpc) is 2.95. The summed E-state index contributed by atoms with van der Waals surface area (Å²) >= 11 is 0. The number of nitrogens with zero attached hydrogens (tertiary/aromatic N) is 1. The van der Waals surface area contributed by atoms with Crippen molar-refractivity contribution in [3.63, 3.8) is 0 Å². The van der Waals surface area contributed by atoms with Crippen LogP contribution in [0.3, 0.4) is 0 Å². The lowest BCUT2D eigenvalue weighted by Crippen LogP contribution is -2.38. The van der Waals surface area contributed by atoms with Crippen LogP contribution in [0.25, 0.3) is 0 Å². The summed E-state index contributed by atoms with van der Waals surface area (Å²) in [5.74, 6) is 1.15. The average molecular weight is 285 g/mol. The Kier molecular flexibility index (Phi) is 4.44. The Morgan fingerprint density at radius 1 is 1.14 bits per heavy atom. The van der Waals surface area contributed by atoms with Gasteiger partial charge in [0.2, 0.25) is 0 Å². The fourth-order valence-corrected chi connectivity index (χ4v) is 3.88. The van der Waals surface area contributed by atoms with Crippen LogP contribution in [-0.4, -0.2) is 30.3 Å². The van der Waals surface area contributed by atoms with Crippen LogP contribution in [0.4, 0.5) is 0 Å². The van der Waals surface area contributed by atoms with Crippen molar-refractivity contribution in [1.82, 2.24) is 4.90 Å². The summed E-state index contributed by atoms with van der Waals surface area (Å²) in [4.78, 5) is 14.8. The fourth-order valence-electron chi connectivity index (χ4n) is 3.88. The molecule has 3 rings (SSSR count). The summed E-state index contributed by atoms with van der Waals surface area (Å²) in [7, 11) is 2.12. The van der Waals surface area contributed by atoms with Crippen molar-refractivity contribution >= 4 is 5.78 Å². The molecular weight excluding hydrogens is 258 g/mol. The number of aryl methyl sites for hydroxylation is 2. The maximum atomic E-state index is 12.5. The first-order chi connectivity index (χ1) is 10.1. The Balaban J connectivity index is 1.60. The van der Waals surface area contributed by atoms with Gasteiger partial charge in [0.25, 0.3) is 0 Å². The summed E-state index contributed by atoms with van der Waals surface area (Å²) in [5.41, 5.74) is 3.75. The van der Waals surface area contributed by atoms with Gasteiger partial charge >= 0.3 is 0 Å². The van der Waals surface area contributed by atoms with Gasteiger partial charge in [-0.1, -0.05) is 19.1 Å². The standard InChI is InChI=1S/C19H27NO/c1-14-6-10-18(11-7-14)20(2)13-19(21)17-9-8-15-4-3-5-16(15)12-17/h8-9,12,14,18H,3-7,10-11,13H2,1-2H3. The molecule has 1 saturated carbocycles. The fraction of sp³-hybridized carbons (Fsp3) is 0.632. The van der Waals surface area contributed by atoms with E-state index in [9.17, 15) is 4.79 Å². The topological polar surface area (TPSA) is 20.3 Å². The third kappa shape index (κ3) is 3.37. The molecule has 1 fully saturated rings. The zero-order valence-corrected chi connectivity index (χ0v) is 13.4. The van der Waals surface area contributed by atoms with Gasteiger partial charge in [-0.2, -0.15) is 0 Å². The van der Waals surface area contributed by atoms with Gasteiger partial charge in [-0.25, -0.2) is 0 Å². The van der Waals surface area contributed by atoms with Crippen LogP contribution >= 0.6 is 0 Å². The molecule has 1 aromatic carbocycles. The Labute approximate surface area is 128 Å².